The molecule has 0 N–H and O–H groups in total. The number of carbonyl (C=O) groups excluding carboxylic acids is 1. The van der Waals surface area contributed by atoms with Crippen molar-refractivity contribution in [2.24, 2.45) is 4.99 Å². The van der Waals surface area contributed by atoms with Crippen molar-refractivity contribution in [1.29, 1.82) is 0 Å². The van der Waals surface area contributed by atoms with Gasteiger partial charge in [-0.3, -0.25) is 9.69 Å². The number of hydrogen-bond acceptors (Lipinski definition) is 5. The molecule has 8 heteroatoms. The molecule has 180 valence electrons. The highest BCUT2D eigenvalue weighted by Gasteiger charge is 2.32. The molecule has 1 saturated heterocycles. The summed E-state index contributed by atoms with van der Waals surface area (Å²) in [6.07, 6.45) is 2.75. The summed E-state index contributed by atoms with van der Waals surface area (Å²) < 4.78 is 13.7. The normalized spacial score (nSPS) is 15.8. The van der Waals surface area contributed by atoms with Crippen LogP contribution in [0.4, 0.5) is 5.69 Å². The lowest BCUT2D eigenvalue weighted by molar-refractivity contribution is -0.122. The molecule has 0 aliphatic carbocycles. The summed E-state index contributed by atoms with van der Waals surface area (Å²) in [6.45, 7) is 3.11. The van der Waals surface area contributed by atoms with Crippen LogP contribution in [-0.4, -0.2) is 29.6 Å². The van der Waals surface area contributed by atoms with Crippen molar-refractivity contribution in [3.63, 3.8) is 0 Å². The second kappa shape index (κ2) is 12.1. The molecule has 5 nitrogen and oxygen atoms in total. The molecular formula is C27H24BrIN2O3S. The van der Waals surface area contributed by atoms with Crippen LogP contribution < -0.4 is 9.47 Å². The van der Waals surface area contributed by atoms with Crippen molar-refractivity contribution < 1.29 is 14.3 Å². The molecule has 0 radical (unpaired) electrons. The first kappa shape index (κ1) is 25.8. The van der Waals surface area contributed by atoms with Gasteiger partial charge in [-0.05, 0) is 94.4 Å². The minimum Gasteiger partial charge on any atom is -0.493 e. The van der Waals surface area contributed by atoms with E-state index in [0.29, 0.717) is 34.7 Å². The van der Waals surface area contributed by atoms with Gasteiger partial charge in [-0.15, -0.1) is 0 Å². The minimum atomic E-state index is -0.0314. The molecule has 1 amide bonds. The average Bonchev–Trinajstić information content (AvgIpc) is 3.14. The molecule has 1 aliphatic rings. The van der Waals surface area contributed by atoms with Crippen LogP contribution in [0.3, 0.4) is 0 Å². The lowest BCUT2D eigenvalue weighted by atomic mass is 10.1. The number of thioether (sulfide) groups is 1. The van der Waals surface area contributed by atoms with E-state index in [2.05, 4.69) is 45.4 Å². The van der Waals surface area contributed by atoms with E-state index in [4.69, 9.17) is 14.5 Å². The standard InChI is InChI=1S/C27H24BrIN2O3S/c1-3-13-31-26(32)24(35-27(31)30-21-7-5-4-6-8-21)16-19-14-22(29)25(23(15-19)33-2)34-17-18-9-11-20(28)12-10-18/h4-12,14-16H,3,13,17H2,1-2H3/b24-16+,30-27?. The molecule has 35 heavy (non-hydrogen) atoms. The molecule has 0 atom stereocenters. The monoisotopic (exact) mass is 662 g/mol. The van der Waals surface area contributed by atoms with Crippen LogP contribution in [0.15, 0.2) is 81.1 Å². The van der Waals surface area contributed by atoms with Crippen LogP contribution in [-0.2, 0) is 11.4 Å². The largest absolute Gasteiger partial charge is 0.493 e. The fourth-order valence-corrected chi connectivity index (χ4v) is 5.55. The zero-order valence-corrected chi connectivity index (χ0v) is 23.9. The number of nitrogens with zero attached hydrogens (tertiary/aromatic N) is 2. The van der Waals surface area contributed by atoms with Gasteiger partial charge in [0.05, 0.1) is 21.3 Å². The van der Waals surface area contributed by atoms with E-state index in [1.807, 2.05) is 72.8 Å². The first-order valence-corrected chi connectivity index (χ1v) is 13.8. The molecule has 0 spiro atoms. The predicted molar refractivity (Wildman–Crippen MR) is 155 cm³/mol. The minimum absolute atomic E-state index is 0.0314. The van der Waals surface area contributed by atoms with E-state index in [-0.39, 0.29) is 5.91 Å². The van der Waals surface area contributed by atoms with Gasteiger partial charge in [-0.2, -0.15) is 0 Å². The van der Waals surface area contributed by atoms with Gasteiger partial charge < -0.3 is 9.47 Å². The summed E-state index contributed by atoms with van der Waals surface area (Å²) in [7, 11) is 1.62. The molecule has 0 bridgehead atoms. The molecule has 3 aromatic carbocycles. The summed E-state index contributed by atoms with van der Waals surface area (Å²) in [4.78, 5) is 20.3. The second-order valence-corrected chi connectivity index (χ2v) is 10.8. The van der Waals surface area contributed by atoms with Crippen LogP contribution in [0.5, 0.6) is 11.5 Å². The molecule has 1 aliphatic heterocycles. The number of carbonyl (C=O) groups is 1. The number of amides is 1. The smallest absolute Gasteiger partial charge is 0.266 e. The third-order valence-electron chi connectivity index (χ3n) is 5.16. The topological polar surface area (TPSA) is 51.1 Å². The maximum Gasteiger partial charge on any atom is 0.266 e. The fourth-order valence-electron chi connectivity index (χ4n) is 3.48. The zero-order valence-electron chi connectivity index (χ0n) is 19.3. The van der Waals surface area contributed by atoms with Gasteiger partial charge in [0, 0.05) is 11.0 Å². The first-order chi connectivity index (χ1) is 17.0. The second-order valence-electron chi connectivity index (χ2n) is 7.75. The molecule has 0 unspecified atom stereocenters. The van der Waals surface area contributed by atoms with Crippen LogP contribution in [0.1, 0.15) is 24.5 Å². The van der Waals surface area contributed by atoms with E-state index in [9.17, 15) is 4.79 Å². The van der Waals surface area contributed by atoms with Crippen molar-refractivity contribution >= 4 is 73.1 Å². The molecule has 0 saturated carbocycles. The SMILES string of the molecule is CCCN1C(=O)/C(=C\c2cc(I)c(OCc3ccc(Br)cc3)c(OC)c2)SC1=Nc1ccccc1. The Labute approximate surface area is 231 Å². The van der Waals surface area contributed by atoms with Crippen molar-refractivity contribution in [3.05, 3.63) is 90.8 Å². The maximum absolute atomic E-state index is 13.2. The van der Waals surface area contributed by atoms with E-state index in [0.717, 1.165) is 31.3 Å². The van der Waals surface area contributed by atoms with Crippen LogP contribution in [0.25, 0.3) is 6.08 Å². The van der Waals surface area contributed by atoms with Crippen LogP contribution in [0, 0.1) is 3.57 Å². The Hall–Kier alpha value is -2.30. The number of halogens is 2. The third kappa shape index (κ3) is 6.48. The van der Waals surface area contributed by atoms with Crippen molar-refractivity contribution in [2.45, 2.75) is 20.0 Å². The number of hydrogen-bond donors (Lipinski definition) is 0. The summed E-state index contributed by atoms with van der Waals surface area (Å²) in [5, 5.41) is 0.699. The van der Waals surface area contributed by atoms with E-state index in [1.54, 1.807) is 12.0 Å². The van der Waals surface area contributed by atoms with Gasteiger partial charge in [-0.25, -0.2) is 4.99 Å². The van der Waals surface area contributed by atoms with Gasteiger partial charge >= 0.3 is 0 Å². The Morgan fingerprint density at radius 3 is 2.54 bits per heavy atom. The Kier molecular flexibility index (Phi) is 8.91. The van der Waals surface area contributed by atoms with Gasteiger partial charge in [0.25, 0.3) is 5.91 Å². The average molecular weight is 663 g/mol. The highest BCUT2D eigenvalue weighted by atomic mass is 127. The Balaban J connectivity index is 1.59. The van der Waals surface area contributed by atoms with E-state index >= 15 is 0 Å². The molecule has 1 heterocycles. The predicted octanol–water partition coefficient (Wildman–Crippen LogP) is 7.66. The van der Waals surface area contributed by atoms with Gasteiger partial charge in [0.2, 0.25) is 0 Å². The number of benzene rings is 3. The van der Waals surface area contributed by atoms with Crippen molar-refractivity contribution in [2.75, 3.05) is 13.7 Å². The molecule has 1 fully saturated rings. The number of amidine groups is 1. The summed E-state index contributed by atoms with van der Waals surface area (Å²) >= 11 is 7.09. The number of methoxy groups -OCH3 is 1. The lowest BCUT2D eigenvalue weighted by Crippen LogP contribution is -2.29. The zero-order chi connectivity index (χ0) is 24.8. The number of rotatable bonds is 8. The molecule has 0 aromatic heterocycles. The Bertz CT molecular complexity index is 1260. The van der Waals surface area contributed by atoms with E-state index in [1.165, 1.54) is 11.8 Å². The number of aliphatic imine (C=N–C) groups is 1. The maximum atomic E-state index is 13.2. The Morgan fingerprint density at radius 2 is 1.86 bits per heavy atom. The summed E-state index contributed by atoms with van der Waals surface area (Å²) in [5.41, 5.74) is 2.76. The quantitative estimate of drug-likeness (QED) is 0.184. The molecular weight excluding hydrogens is 639 g/mol. The highest BCUT2D eigenvalue weighted by Crippen LogP contribution is 2.38. The molecule has 4 rings (SSSR count). The van der Waals surface area contributed by atoms with Gasteiger partial charge in [-0.1, -0.05) is 53.2 Å². The van der Waals surface area contributed by atoms with Crippen molar-refractivity contribution in [1.82, 2.24) is 4.90 Å². The summed E-state index contributed by atoms with van der Waals surface area (Å²) in [6, 6.07) is 21.6. The number of para-hydroxylation sites is 1. The Morgan fingerprint density at radius 1 is 1.11 bits per heavy atom. The van der Waals surface area contributed by atoms with E-state index < -0.39 is 0 Å². The van der Waals surface area contributed by atoms with Crippen LogP contribution in [0.2, 0.25) is 0 Å². The van der Waals surface area contributed by atoms with Crippen LogP contribution >= 0.6 is 50.3 Å². The highest BCUT2D eigenvalue weighted by molar-refractivity contribution is 14.1. The fraction of sp³-hybridized carbons (Fsp3) is 0.185. The van der Waals surface area contributed by atoms with Gasteiger partial charge in [0.1, 0.15) is 6.61 Å². The first-order valence-electron chi connectivity index (χ1n) is 11.1. The number of ether oxygens (including phenoxy) is 2. The molecule has 3 aromatic rings. The summed E-state index contributed by atoms with van der Waals surface area (Å²) in [5.74, 6) is 1.28. The lowest BCUT2D eigenvalue weighted by Gasteiger charge is -2.14. The third-order valence-corrected chi connectivity index (χ3v) is 7.50. The van der Waals surface area contributed by atoms with Crippen molar-refractivity contribution in [3.8, 4) is 11.5 Å². The van der Waals surface area contributed by atoms with Gasteiger partial charge in [0.15, 0.2) is 16.7 Å².